The van der Waals surface area contributed by atoms with Crippen molar-refractivity contribution in [1.29, 1.82) is 0 Å². The van der Waals surface area contributed by atoms with E-state index in [4.69, 9.17) is 0 Å². The van der Waals surface area contributed by atoms with Crippen molar-refractivity contribution in [2.24, 2.45) is 7.05 Å². The maximum atomic E-state index is 11.8. The second kappa shape index (κ2) is 5.40. The second-order valence-corrected chi connectivity index (χ2v) is 4.77. The van der Waals surface area contributed by atoms with Crippen molar-refractivity contribution in [2.45, 2.75) is 38.8 Å². The zero-order valence-electron chi connectivity index (χ0n) is 11.1. The lowest BCUT2D eigenvalue weighted by molar-refractivity contribution is 0.180. The maximum Gasteiger partial charge on any atom is 0.329 e. The molecule has 2 heterocycles. The Hall–Kier alpha value is -1.89. The number of aliphatic hydroxyl groups is 1. The molecule has 0 amide bonds. The fourth-order valence-electron chi connectivity index (χ4n) is 2.08. The van der Waals surface area contributed by atoms with Gasteiger partial charge in [0.15, 0.2) is 11.2 Å². The molecule has 104 valence electrons. The van der Waals surface area contributed by atoms with Crippen molar-refractivity contribution < 1.29 is 5.11 Å². The highest BCUT2D eigenvalue weighted by atomic mass is 16.3. The lowest BCUT2D eigenvalue weighted by atomic mass is 10.2. The van der Waals surface area contributed by atoms with Crippen LogP contribution < -0.4 is 11.2 Å². The van der Waals surface area contributed by atoms with Crippen LogP contribution in [0, 0.1) is 0 Å². The van der Waals surface area contributed by atoms with Crippen LogP contribution in [0.1, 0.15) is 26.2 Å². The van der Waals surface area contributed by atoms with Gasteiger partial charge in [0.1, 0.15) is 0 Å². The van der Waals surface area contributed by atoms with Crippen molar-refractivity contribution >= 4 is 11.2 Å². The largest absolute Gasteiger partial charge is 0.393 e. The number of hydrogen-bond donors (Lipinski definition) is 2. The van der Waals surface area contributed by atoms with E-state index in [9.17, 15) is 14.7 Å². The van der Waals surface area contributed by atoms with Crippen LogP contribution in [0.2, 0.25) is 0 Å². The minimum absolute atomic E-state index is 0.302. The highest BCUT2D eigenvalue weighted by Crippen LogP contribution is 2.08. The summed E-state index contributed by atoms with van der Waals surface area (Å²) in [7, 11) is 1.57. The zero-order chi connectivity index (χ0) is 14.0. The van der Waals surface area contributed by atoms with Gasteiger partial charge >= 0.3 is 5.69 Å². The van der Waals surface area contributed by atoms with Crippen LogP contribution in [-0.4, -0.2) is 30.3 Å². The van der Waals surface area contributed by atoms with Gasteiger partial charge in [-0.05, 0) is 26.2 Å². The Bertz CT molecular complexity index is 680. The first-order valence-corrected chi connectivity index (χ1v) is 6.33. The third-order valence-corrected chi connectivity index (χ3v) is 3.15. The van der Waals surface area contributed by atoms with Gasteiger partial charge < -0.3 is 9.67 Å². The van der Waals surface area contributed by atoms with E-state index in [1.54, 1.807) is 24.9 Å². The van der Waals surface area contributed by atoms with Gasteiger partial charge in [0.25, 0.3) is 5.56 Å². The second-order valence-electron chi connectivity index (χ2n) is 4.77. The number of unbranched alkanes of at least 4 members (excludes halogenated alkanes) is 1. The molecule has 0 aliphatic heterocycles. The molecule has 7 heteroatoms. The molecular weight excluding hydrogens is 248 g/mol. The molecule has 0 aromatic carbocycles. The molecule has 0 bridgehead atoms. The first-order chi connectivity index (χ1) is 9.00. The number of imidazole rings is 1. The van der Waals surface area contributed by atoms with Crippen molar-refractivity contribution in [3.8, 4) is 0 Å². The summed E-state index contributed by atoms with van der Waals surface area (Å²) in [6.07, 6.45) is 3.73. The monoisotopic (exact) mass is 266 g/mol. The molecule has 0 radical (unpaired) electrons. The van der Waals surface area contributed by atoms with Gasteiger partial charge in [0.2, 0.25) is 0 Å². The molecule has 0 saturated heterocycles. The topological polar surface area (TPSA) is 92.9 Å². The van der Waals surface area contributed by atoms with Crippen LogP contribution in [0.5, 0.6) is 0 Å². The smallest absolute Gasteiger partial charge is 0.329 e. The number of aromatic amines is 1. The summed E-state index contributed by atoms with van der Waals surface area (Å²) in [4.78, 5) is 29.6. The summed E-state index contributed by atoms with van der Waals surface area (Å²) in [6, 6.07) is 0. The minimum Gasteiger partial charge on any atom is -0.393 e. The van der Waals surface area contributed by atoms with E-state index in [-0.39, 0.29) is 6.10 Å². The summed E-state index contributed by atoms with van der Waals surface area (Å²) >= 11 is 0. The Morgan fingerprint density at radius 1 is 1.42 bits per heavy atom. The quantitative estimate of drug-likeness (QED) is 0.743. The molecule has 1 unspecified atom stereocenters. The van der Waals surface area contributed by atoms with Crippen molar-refractivity contribution in [1.82, 2.24) is 19.1 Å². The van der Waals surface area contributed by atoms with E-state index >= 15 is 0 Å². The first-order valence-electron chi connectivity index (χ1n) is 6.33. The number of nitrogens with one attached hydrogen (secondary N) is 1. The molecule has 7 nitrogen and oxygen atoms in total. The summed E-state index contributed by atoms with van der Waals surface area (Å²) < 4.78 is 3.07. The molecule has 0 fully saturated rings. The number of rotatable bonds is 5. The van der Waals surface area contributed by atoms with Crippen LogP contribution in [-0.2, 0) is 13.6 Å². The number of hydrogen-bond acceptors (Lipinski definition) is 4. The minimum atomic E-state index is -0.461. The van der Waals surface area contributed by atoms with E-state index in [2.05, 4.69) is 9.97 Å². The van der Waals surface area contributed by atoms with Crippen LogP contribution in [0.15, 0.2) is 15.9 Å². The maximum absolute atomic E-state index is 11.8. The van der Waals surface area contributed by atoms with Gasteiger partial charge in [0.05, 0.1) is 12.4 Å². The summed E-state index contributed by atoms with van der Waals surface area (Å²) in [5, 5.41) is 9.18. The Balaban J connectivity index is 2.24. The SMILES string of the molecule is CC(O)CCCCn1cnc2c1c(=O)[nH]c(=O)n2C. The fraction of sp³-hybridized carbons (Fsp3) is 0.583. The van der Waals surface area contributed by atoms with Crippen LogP contribution >= 0.6 is 0 Å². The van der Waals surface area contributed by atoms with E-state index in [1.165, 1.54) is 4.57 Å². The number of aliphatic hydroxyl groups excluding tert-OH is 1. The molecule has 2 aromatic heterocycles. The molecule has 0 aliphatic rings. The van der Waals surface area contributed by atoms with Crippen LogP contribution in [0.3, 0.4) is 0 Å². The molecule has 0 aliphatic carbocycles. The predicted octanol–water partition coefficient (Wildman–Crippen LogP) is -0.0256. The Labute approximate surface area is 109 Å². The number of fused-ring (bicyclic) bond motifs is 1. The van der Waals surface area contributed by atoms with Gasteiger partial charge in [-0.2, -0.15) is 0 Å². The molecule has 0 spiro atoms. The van der Waals surface area contributed by atoms with Gasteiger partial charge in [0, 0.05) is 13.6 Å². The van der Waals surface area contributed by atoms with E-state index in [1.807, 2.05) is 0 Å². The summed E-state index contributed by atoms with van der Waals surface area (Å²) in [5.74, 6) is 0. The standard InChI is InChI=1S/C12H18N4O3/c1-8(17)5-3-4-6-16-7-13-10-9(16)11(18)14-12(19)15(10)2/h7-8,17H,3-6H2,1-2H3,(H,14,18,19). The number of aryl methyl sites for hydroxylation is 2. The van der Waals surface area contributed by atoms with E-state index in [0.717, 1.165) is 19.3 Å². The van der Waals surface area contributed by atoms with Gasteiger partial charge in [-0.15, -0.1) is 0 Å². The lowest BCUT2D eigenvalue weighted by Crippen LogP contribution is -2.29. The van der Waals surface area contributed by atoms with E-state index in [0.29, 0.717) is 17.7 Å². The predicted molar refractivity (Wildman–Crippen MR) is 71.1 cm³/mol. The van der Waals surface area contributed by atoms with Gasteiger partial charge in [-0.25, -0.2) is 9.78 Å². The Kier molecular flexibility index (Phi) is 3.84. The molecule has 0 saturated carbocycles. The Morgan fingerprint density at radius 3 is 2.84 bits per heavy atom. The molecular formula is C12H18N4O3. The van der Waals surface area contributed by atoms with Crippen LogP contribution in [0.25, 0.3) is 11.2 Å². The van der Waals surface area contributed by atoms with Gasteiger partial charge in [-0.3, -0.25) is 14.3 Å². The number of H-pyrrole nitrogens is 1. The summed E-state index contributed by atoms with van der Waals surface area (Å²) in [6.45, 7) is 2.40. The van der Waals surface area contributed by atoms with Crippen molar-refractivity contribution in [2.75, 3.05) is 0 Å². The molecule has 1 atom stereocenters. The first kappa shape index (κ1) is 13.5. The normalized spacial score (nSPS) is 13.0. The molecule has 2 aromatic rings. The number of aromatic nitrogens is 4. The molecule has 19 heavy (non-hydrogen) atoms. The number of nitrogens with zero attached hydrogens (tertiary/aromatic N) is 3. The van der Waals surface area contributed by atoms with Crippen LogP contribution in [0.4, 0.5) is 0 Å². The highest BCUT2D eigenvalue weighted by molar-refractivity contribution is 5.69. The lowest BCUT2D eigenvalue weighted by Gasteiger charge is -2.05. The third-order valence-electron chi connectivity index (χ3n) is 3.15. The average molecular weight is 266 g/mol. The van der Waals surface area contributed by atoms with Gasteiger partial charge in [-0.1, -0.05) is 0 Å². The zero-order valence-corrected chi connectivity index (χ0v) is 11.1. The average Bonchev–Trinajstić information content (AvgIpc) is 2.76. The molecule has 2 N–H and O–H groups in total. The van der Waals surface area contributed by atoms with E-state index < -0.39 is 11.2 Å². The highest BCUT2D eigenvalue weighted by Gasteiger charge is 2.10. The Morgan fingerprint density at radius 2 is 2.16 bits per heavy atom. The third kappa shape index (κ3) is 2.76. The fourth-order valence-corrected chi connectivity index (χ4v) is 2.08. The van der Waals surface area contributed by atoms with Crippen molar-refractivity contribution in [3.05, 3.63) is 27.2 Å². The summed E-state index contributed by atoms with van der Waals surface area (Å²) in [5.41, 5.74) is -0.0635. The molecule has 2 rings (SSSR count). The van der Waals surface area contributed by atoms with Crippen molar-refractivity contribution in [3.63, 3.8) is 0 Å².